The van der Waals surface area contributed by atoms with Crippen molar-refractivity contribution in [2.75, 3.05) is 13.1 Å². The highest BCUT2D eigenvalue weighted by atomic mass is 35.5. The van der Waals surface area contributed by atoms with Gasteiger partial charge < -0.3 is 11.1 Å². The number of halogens is 4. The molecular weight excluding hydrogens is 317 g/mol. The number of unbranched alkanes of at least 4 members (excludes halogenated alkanes) is 1. The van der Waals surface area contributed by atoms with Gasteiger partial charge in [-0.3, -0.25) is 4.79 Å². The molecule has 0 spiro atoms. The number of carbonyl (C=O) groups is 1. The molecule has 0 aromatic heterocycles. The minimum Gasteiger partial charge on any atom is -0.356 e. The minimum absolute atomic E-state index is 0. The van der Waals surface area contributed by atoms with Gasteiger partial charge in [-0.2, -0.15) is 13.2 Å². The normalized spacial score (nSPS) is 12.4. The number of carbonyl (C=O) groups excluding carboxylic acids is 1. The topological polar surface area (TPSA) is 55.1 Å². The number of alkyl halides is 3. The largest absolute Gasteiger partial charge is 0.416 e. The molecule has 0 aliphatic heterocycles. The van der Waals surface area contributed by atoms with Crippen molar-refractivity contribution < 1.29 is 18.0 Å². The molecule has 1 rings (SSSR count). The first-order chi connectivity index (χ1) is 9.84. The third kappa shape index (κ3) is 7.13. The third-order valence-electron chi connectivity index (χ3n) is 3.17. The van der Waals surface area contributed by atoms with Crippen LogP contribution < -0.4 is 11.1 Å². The van der Waals surface area contributed by atoms with Crippen LogP contribution in [0.2, 0.25) is 0 Å². The summed E-state index contributed by atoms with van der Waals surface area (Å²) in [5.41, 5.74) is 5.18. The van der Waals surface area contributed by atoms with Crippen LogP contribution in [0.1, 0.15) is 30.9 Å². The van der Waals surface area contributed by atoms with Crippen LogP contribution in [0.5, 0.6) is 0 Å². The quantitative estimate of drug-likeness (QED) is 0.750. The van der Waals surface area contributed by atoms with Gasteiger partial charge in [0.05, 0.1) is 5.56 Å². The van der Waals surface area contributed by atoms with Crippen LogP contribution in [0.15, 0.2) is 24.3 Å². The number of nitrogens with one attached hydrogen (secondary N) is 1. The van der Waals surface area contributed by atoms with E-state index in [0.29, 0.717) is 18.7 Å². The molecular formula is C15H22ClF3N2O. The van der Waals surface area contributed by atoms with E-state index in [0.717, 1.165) is 25.0 Å². The van der Waals surface area contributed by atoms with E-state index in [2.05, 4.69) is 5.32 Å². The zero-order valence-corrected chi connectivity index (χ0v) is 13.3. The van der Waals surface area contributed by atoms with Crippen LogP contribution in [0.4, 0.5) is 13.2 Å². The summed E-state index contributed by atoms with van der Waals surface area (Å²) in [6.45, 7) is 2.83. The number of nitrogens with two attached hydrogens (primary N) is 1. The van der Waals surface area contributed by atoms with E-state index in [1.165, 1.54) is 6.07 Å². The summed E-state index contributed by atoms with van der Waals surface area (Å²) in [5.74, 6) is -0.518. The molecule has 126 valence electrons. The van der Waals surface area contributed by atoms with Crippen molar-refractivity contribution >= 4 is 18.3 Å². The summed E-state index contributed by atoms with van der Waals surface area (Å²) in [6.07, 6.45) is -2.43. The van der Waals surface area contributed by atoms with Crippen LogP contribution in [0.3, 0.4) is 0 Å². The first-order valence-corrected chi connectivity index (χ1v) is 6.98. The van der Waals surface area contributed by atoms with E-state index in [1.807, 2.05) is 0 Å². The molecule has 0 bridgehead atoms. The zero-order valence-electron chi connectivity index (χ0n) is 12.5. The minimum atomic E-state index is -4.36. The van der Waals surface area contributed by atoms with Gasteiger partial charge in [0.25, 0.3) is 0 Å². The number of hydrogen-bond donors (Lipinski definition) is 2. The van der Waals surface area contributed by atoms with Gasteiger partial charge in [-0.1, -0.05) is 25.1 Å². The lowest BCUT2D eigenvalue weighted by Crippen LogP contribution is -2.31. The standard InChI is InChI=1S/C15H21F3N2O.ClH/c1-11(14(21)20-8-3-2-7-19)9-12-5-4-6-13(10-12)15(16,17)18;/h4-6,10-11H,2-3,7-9,19H2,1H3,(H,20,21);1H. The van der Waals surface area contributed by atoms with E-state index in [1.54, 1.807) is 13.0 Å². The van der Waals surface area contributed by atoms with Gasteiger partial charge >= 0.3 is 6.18 Å². The van der Waals surface area contributed by atoms with E-state index in [-0.39, 0.29) is 30.7 Å². The van der Waals surface area contributed by atoms with E-state index in [9.17, 15) is 18.0 Å². The Kier molecular flexibility index (Phi) is 9.13. The predicted molar refractivity (Wildman–Crippen MR) is 82.9 cm³/mol. The summed E-state index contributed by atoms with van der Waals surface area (Å²) < 4.78 is 37.8. The molecule has 0 saturated heterocycles. The van der Waals surface area contributed by atoms with Crippen LogP contribution in [0.25, 0.3) is 0 Å². The van der Waals surface area contributed by atoms with Gasteiger partial charge in [-0.25, -0.2) is 0 Å². The Morgan fingerprint density at radius 3 is 2.59 bits per heavy atom. The van der Waals surface area contributed by atoms with Gasteiger partial charge in [0.2, 0.25) is 5.91 Å². The van der Waals surface area contributed by atoms with Gasteiger partial charge in [0.15, 0.2) is 0 Å². The van der Waals surface area contributed by atoms with Crippen LogP contribution in [0, 0.1) is 5.92 Å². The third-order valence-corrected chi connectivity index (χ3v) is 3.17. The number of rotatable bonds is 7. The van der Waals surface area contributed by atoms with Crippen molar-refractivity contribution in [1.82, 2.24) is 5.32 Å². The number of hydrogen-bond acceptors (Lipinski definition) is 2. The molecule has 7 heteroatoms. The van der Waals surface area contributed by atoms with E-state index in [4.69, 9.17) is 5.73 Å². The van der Waals surface area contributed by atoms with Crippen LogP contribution in [-0.2, 0) is 17.4 Å². The first kappa shape index (κ1) is 20.7. The molecule has 0 aliphatic rings. The molecule has 3 N–H and O–H groups in total. The highest BCUT2D eigenvalue weighted by Crippen LogP contribution is 2.29. The molecule has 0 fully saturated rings. The smallest absolute Gasteiger partial charge is 0.356 e. The molecule has 0 radical (unpaired) electrons. The van der Waals surface area contributed by atoms with Crippen molar-refractivity contribution in [1.29, 1.82) is 0 Å². The first-order valence-electron chi connectivity index (χ1n) is 6.98. The van der Waals surface area contributed by atoms with Gasteiger partial charge in [0, 0.05) is 12.5 Å². The van der Waals surface area contributed by atoms with Crippen molar-refractivity contribution in [2.24, 2.45) is 11.7 Å². The Bertz CT molecular complexity index is 466. The maximum Gasteiger partial charge on any atom is 0.416 e. The summed E-state index contributed by atoms with van der Waals surface area (Å²) in [4.78, 5) is 11.8. The second-order valence-corrected chi connectivity index (χ2v) is 5.09. The average Bonchev–Trinajstić information content (AvgIpc) is 2.42. The lowest BCUT2D eigenvalue weighted by atomic mass is 9.98. The summed E-state index contributed by atoms with van der Waals surface area (Å²) >= 11 is 0. The highest BCUT2D eigenvalue weighted by molar-refractivity contribution is 5.85. The van der Waals surface area contributed by atoms with Crippen LogP contribution in [-0.4, -0.2) is 19.0 Å². The van der Waals surface area contributed by atoms with Crippen molar-refractivity contribution in [3.63, 3.8) is 0 Å². The zero-order chi connectivity index (χ0) is 15.9. The molecule has 0 saturated carbocycles. The Morgan fingerprint density at radius 1 is 1.32 bits per heavy atom. The Morgan fingerprint density at radius 2 is 2.00 bits per heavy atom. The van der Waals surface area contributed by atoms with Crippen molar-refractivity contribution in [3.05, 3.63) is 35.4 Å². The Hall–Kier alpha value is -1.27. The predicted octanol–water partition coefficient (Wildman–Crippen LogP) is 3.16. The van der Waals surface area contributed by atoms with E-state index < -0.39 is 11.7 Å². The van der Waals surface area contributed by atoms with E-state index >= 15 is 0 Å². The fraction of sp³-hybridized carbons (Fsp3) is 0.533. The summed E-state index contributed by atoms with van der Waals surface area (Å²) in [5, 5.41) is 2.77. The van der Waals surface area contributed by atoms with Gasteiger partial charge in [-0.15, -0.1) is 12.4 Å². The molecule has 1 aromatic rings. The molecule has 0 aliphatic carbocycles. The van der Waals surface area contributed by atoms with Crippen molar-refractivity contribution in [3.8, 4) is 0 Å². The Labute approximate surface area is 134 Å². The molecule has 3 nitrogen and oxygen atoms in total. The fourth-order valence-corrected chi connectivity index (χ4v) is 1.98. The molecule has 22 heavy (non-hydrogen) atoms. The maximum absolute atomic E-state index is 12.6. The monoisotopic (exact) mass is 338 g/mol. The molecule has 1 amide bonds. The second kappa shape index (κ2) is 9.69. The lowest BCUT2D eigenvalue weighted by molar-refractivity contribution is -0.137. The Balaban J connectivity index is 0.00000441. The molecule has 1 aromatic carbocycles. The second-order valence-electron chi connectivity index (χ2n) is 5.09. The SMILES string of the molecule is CC(Cc1cccc(C(F)(F)F)c1)C(=O)NCCCCN.Cl. The highest BCUT2D eigenvalue weighted by Gasteiger charge is 2.30. The summed E-state index contributed by atoms with van der Waals surface area (Å²) in [6, 6.07) is 5.09. The number of benzene rings is 1. The number of amides is 1. The average molecular weight is 339 g/mol. The van der Waals surface area contributed by atoms with Crippen molar-refractivity contribution in [2.45, 2.75) is 32.4 Å². The van der Waals surface area contributed by atoms with Crippen LogP contribution >= 0.6 is 12.4 Å². The summed E-state index contributed by atoms with van der Waals surface area (Å²) in [7, 11) is 0. The molecule has 1 unspecified atom stereocenters. The maximum atomic E-state index is 12.6. The fourth-order valence-electron chi connectivity index (χ4n) is 1.98. The lowest BCUT2D eigenvalue weighted by Gasteiger charge is -2.13. The molecule has 1 atom stereocenters. The molecule has 0 heterocycles. The van der Waals surface area contributed by atoms with Gasteiger partial charge in [0.1, 0.15) is 0 Å². The van der Waals surface area contributed by atoms with Gasteiger partial charge in [-0.05, 0) is 37.4 Å².